The van der Waals surface area contributed by atoms with Crippen molar-refractivity contribution in [2.45, 2.75) is 13.8 Å². The summed E-state index contributed by atoms with van der Waals surface area (Å²) in [7, 11) is 1.81. The van der Waals surface area contributed by atoms with E-state index in [4.69, 9.17) is 0 Å². The van der Waals surface area contributed by atoms with Gasteiger partial charge >= 0.3 is 0 Å². The summed E-state index contributed by atoms with van der Waals surface area (Å²) in [6.45, 7) is 3.93. The maximum absolute atomic E-state index is 12.2. The highest BCUT2D eigenvalue weighted by atomic mass is 16.1. The molecule has 0 atom stereocenters. The molecule has 0 aliphatic heterocycles. The minimum Gasteiger partial charge on any atom is -0.288 e. The van der Waals surface area contributed by atoms with E-state index < -0.39 is 0 Å². The molecule has 2 aromatic rings. The monoisotopic (exact) mass is 214 g/mol. The minimum absolute atomic E-state index is 0.0364. The zero-order valence-corrected chi connectivity index (χ0v) is 9.69. The Kier molecular flexibility index (Phi) is 2.60. The molecule has 0 saturated carbocycles. The van der Waals surface area contributed by atoms with Crippen LogP contribution in [0.1, 0.15) is 27.0 Å². The van der Waals surface area contributed by atoms with E-state index >= 15 is 0 Å². The molecular weight excluding hydrogens is 200 g/mol. The lowest BCUT2D eigenvalue weighted by molar-refractivity contribution is 0.103. The van der Waals surface area contributed by atoms with Crippen LogP contribution in [0.4, 0.5) is 0 Å². The molecule has 16 heavy (non-hydrogen) atoms. The van der Waals surface area contributed by atoms with Crippen molar-refractivity contribution in [2.24, 2.45) is 7.05 Å². The Labute approximate surface area is 94.7 Å². The first-order valence-corrected chi connectivity index (χ1v) is 5.18. The number of aryl methyl sites for hydroxylation is 3. The second kappa shape index (κ2) is 3.93. The van der Waals surface area contributed by atoms with E-state index in [-0.39, 0.29) is 5.78 Å². The number of hydrogen-bond acceptors (Lipinski definition) is 2. The number of aromatic nitrogens is 2. The summed E-state index contributed by atoms with van der Waals surface area (Å²) in [6.07, 6.45) is 3.34. The predicted molar refractivity (Wildman–Crippen MR) is 62.6 cm³/mol. The largest absolute Gasteiger partial charge is 0.288 e. The average Bonchev–Trinajstić information content (AvgIpc) is 2.67. The standard InChI is InChI=1S/C13H14N2O/c1-9-4-5-10(2)12(6-9)13(16)11-7-14-15(3)8-11/h4-8H,1-3H3. The number of benzene rings is 1. The van der Waals surface area contributed by atoms with E-state index in [1.54, 1.807) is 24.1 Å². The Balaban J connectivity index is 2.45. The van der Waals surface area contributed by atoms with E-state index in [0.717, 1.165) is 16.7 Å². The number of carbonyl (C=O) groups excluding carboxylic acids is 1. The summed E-state index contributed by atoms with van der Waals surface area (Å²) >= 11 is 0. The van der Waals surface area contributed by atoms with Gasteiger partial charge in [0.15, 0.2) is 5.78 Å². The maximum atomic E-state index is 12.2. The molecule has 0 bridgehead atoms. The van der Waals surface area contributed by atoms with E-state index in [1.807, 2.05) is 32.0 Å². The molecule has 1 heterocycles. The average molecular weight is 214 g/mol. The summed E-state index contributed by atoms with van der Waals surface area (Å²) in [5, 5.41) is 4.01. The molecule has 0 radical (unpaired) electrons. The van der Waals surface area contributed by atoms with Gasteiger partial charge in [-0.1, -0.05) is 17.7 Å². The molecule has 2 rings (SSSR count). The molecule has 0 spiro atoms. The highest BCUT2D eigenvalue weighted by molar-refractivity contribution is 6.09. The quantitative estimate of drug-likeness (QED) is 0.719. The van der Waals surface area contributed by atoms with Gasteiger partial charge in [0.25, 0.3) is 0 Å². The molecule has 82 valence electrons. The van der Waals surface area contributed by atoms with Gasteiger partial charge in [-0.05, 0) is 25.5 Å². The Morgan fingerprint density at radius 3 is 2.69 bits per heavy atom. The van der Waals surface area contributed by atoms with Gasteiger partial charge in [0, 0.05) is 18.8 Å². The van der Waals surface area contributed by atoms with Crippen LogP contribution in [0, 0.1) is 13.8 Å². The zero-order chi connectivity index (χ0) is 11.7. The van der Waals surface area contributed by atoms with Crippen molar-refractivity contribution >= 4 is 5.78 Å². The summed E-state index contributed by atoms with van der Waals surface area (Å²) in [6, 6.07) is 5.90. The van der Waals surface area contributed by atoms with Crippen LogP contribution in [0.15, 0.2) is 30.6 Å². The lowest BCUT2D eigenvalue weighted by atomic mass is 9.99. The van der Waals surface area contributed by atoms with Gasteiger partial charge < -0.3 is 0 Å². The van der Waals surface area contributed by atoms with Crippen LogP contribution < -0.4 is 0 Å². The number of ketones is 1. The van der Waals surface area contributed by atoms with Crippen molar-refractivity contribution in [3.63, 3.8) is 0 Å². The fourth-order valence-corrected chi connectivity index (χ4v) is 1.67. The van der Waals surface area contributed by atoms with Crippen LogP contribution in [0.2, 0.25) is 0 Å². The van der Waals surface area contributed by atoms with Crippen LogP contribution >= 0.6 is 0 Å². The van der Waals surface area contributed by atoms with Crippen molar-refractivity contribution in [1.82, 2.24) is 9.78 Å². The van der Waals surface area contributed by atoms with Gasteiger partial charge in [0.1, 0.15) is 0 Å². The number of carbonyl (C=O) groups is 1. The van der Waals surface area contributed by atoms with Gasteiger partial charge in [-0.2, -0.15) is 5.10 Å². The van der Waals surface area contributed by atoms with Gasteiger partial charge in [-0.25, -0.2) is 0 Å². The van der Waals surface area contributed by atoms with Gasteiger partial charge in [-0.15, -0.1) is 0 Å². The lowest BCUT2D eigenvalue weighted by Crippen LogP contribution is -2.03. The van der Waals surface area contributed by atoms with Crippen molar-refractivity contribution < 1.29 is 4.79 Å². The second-order valence-corrected chi connectivity index (χ2v) is 4.05. The van der Waals surface area contributed by atoms with Crippen molar-refractivity contribution in [3.05, 3.63) is 52.8 Å². The molecule has 1 aromatic heterocycles. The Morgan fingerprint density at radius 2 is 2.06 bits per heavy atom. The zero-order valence-electron chi connectivity index (χ0n) is 9.69. The van der Waals surface area contributed by atoms with Crippen molar-refractivity contribution in [2.75, 3.05) is 0 Å². The summed E-state index contributed by atoms with van der Waals surface area (Å²) in [4.78, 5) is 12.2. The SMILES string of the molecule is Cc1ccc(C)c(C(=O)c2cnn(C)c2)c1. The Hall–Kier alpha value is -1.90. The van der Waals surface area contributed by atoms with Gasteiger partial charge in [0.2, 0.25) is 0 Å². The molecule has 0 aliphatic carbocycles. The molecule has 3 heteroatoms. The summed E-state index contributed by atoms with van der Waals surface area (Å²) < 4.78 is 1.64. The van der Waals surface area contributed by atoms with Gasteiger partial charge in [-0.3, -0.25) is 9.48 Å². The van der Waals surface area contributed by atoms with Crippen LogP contribution in [0.3, 0.4) is 0 Å². The van der Waals surface area contributed by atoms with E-state index in [1.165, 1.54) is 0 Å². The first-order valence-electron chi connectivity index (χ1n) is 5.18. The third kappa shape index (κ3) is 1.89. The van der Waals surface area contributed by atoms with Crippen LogP contribution in [0.5, 0.6) is 0 Å². The minimum atomic E-state index is 0.0364. The van der Waals surface area contributed by atoms with Crippen LogP contribution in [-0.4, -0.2) is 15.6 Å². The van der Waals surface area contributed by atoms with Crippen molar-refractivity contribution in [3.8, 4) is 0 Å². The second-order valence-electron chi connectivity index (χ2n) is 4.05. The third-order valence-corrected chi connectivity index (χ3v) is 2.60. The van der Waals surface area contributed by atoms with Crippen LogP contribution in [-0.2, 0) is 7.05 Å². The third-order valence-electron chi connectivity index (χ3n) is 2.60. The molecule has 0 aliphatic rings. The summed E-state index contributed by atoms with van der Waals surface area (Å²) in [5.74, 6) is 0.0364. The molecule has 0 fully saturated rings. The molecule has 0 amide bonds. The number of rotatable bonds is 2. The number of hydrogen-bond donors (Lipinski definition) is 0. The number of nitrogens with zero attached hydrogens (tertiary/aromatic N) is 2. The van der Waals surface area contributed by atoms with E-state index in [0.29, 0.717) is 5.56 Å². The van der Waals surface area contributed by atoms with E-state index in [2.05, 4.69) is 5.10 Å². The Morgan fingerprint density at radius 1 is 1.31 bits per heavy atom. The topological polar surface area (TPSA) is 34.9 Å². The maximum Gasteiger partial charge on any atom is 0.196 e. The predicted octanol–water partition coefficient (Wildman–Crippen LogP) is 2.27. The molecule has 1 aromatic carbocycles. The highest BCUT2D eigenvalue weighted by Crippen LogP contribution is 2.15. The highest BCUT2D eigenvalue weighted by Gasteiger charge is 2.13. The fraction of sp³-hybridized carbons (Fsp3) is 0.231. The molecule has 3 nitrogen and oxygen atoms in total. The van der Waals surface area contributed by atoms with Crippen molar-refractivity contribution in [1.29, 1.82) is 0 Å². The Bertz CT molecular complexity index is 541. The van der Waals surface area contributed by atoms with Gasteiger partial charge in [0.05, 0.1) is 11.8 Å². The smallest absolute Gasteiger partial charge is 0.196 e. The molecule has 0 unspecified atom stereocenters. The lowest BCUT2D eigenvalue weighted by Gasteiger charge is -2.04. The first-order chi connectivity index (χ1) is 7.58. The molecular formula is C13H14N2O. The molecule has 0 N–H and O–H groups in total. The normalized spacial score (nSPS) is 10.4. The van der Waals surface area contributed by atoms with Crippen LogP contribution in [0.25, 0.3) is 0 Å². The molecule has 0 saturated heterocycles. The fourth-order valence-electron chi connectivity index (χ4n) is 1.67. The summed E-state index contributed by atoms with van der Waals surface area (Å²) in [5.41, 5.74) is 3.49. The first kappa shape index (κ1) is 10.6. The van der Waals surface area contributed by atoms with E-state index in [9.17, 15) is 4.79 Å².